The monoisotopic (exact) mass is 554 g/mol. The number of cyclic esters (lactones) is 4. The topological polar surface area (TPSA) is 139 Å². The summed E-state index contributed by atoms with van der Waals surface area (Å²) in [5, 5.41) is 0. The lowest BCUT2D eigenvalue weighted by atomic mass is 10.1. The maximum atomic E-state index is 11.1. The maximum Gasteiger partial charge on any atom is 0.346 e. The Kier molecular flexibility index (Phi) is 8.63. The zero-order valence-electron chi connectivity index (χ0n) is 21.9. The minimum absolute atomic E-state index is 0.0999. The molecule has 0 N–H and O–H groups in total. The number of fused-ring (bicyclic) bond motifs is 3. The van der Waals surface area contributed by atoms with Crippen LogP contribution in [0.4, 0.5) is 0 Å². The van der Waals surface area contributed by atoms with Crippen molar-refractivity contribution in [2.24, 2.45) is 0 Å². The fourth-order valence-electron chi connectivity index (χ4n) is 3.94. The molecule has 0 saturated carbocycles. The lowest BCUT2D eigenvalue weighted by Crippen LogP contribution is -2.03. The number of methoxy groups -OCH3 is 2. The quantitative estimate of drug-likeness (QED) is 0.249. The molecule has 2 aliphatic heterocycles. The second kappa shape index (κ2) is 12.5. The van der Waals surface area contributed by atoms with Gasteiger partial charge in [-0.3, -0.25) is 0 Å². The van der Waals surface area contributed by atoms with Crippen LogP contribution in [-0.4, -0.2) is 50.0 Å². The first-order valence-corrected chi connectivity index (χ1v) is 12.1. The normalized spacial score (nSPS) is 13.6. The highest BCUT2D eigenvalue weighted by Gasteiger charge is 2.31. The van der Waals surface area contributed by atoms with Crippen molar-refractivity contribution in [3.05, 3.63) is 117 Å². The Morgan fingerprint density at radius 2 is 0.976 bits per heavy atom. The summed E-state index contributed by atoms with van der Waals surface area (Å²) >= 11 is 0. The molecule has 0 fully saturated rings. The minimum atomic E-state index is -0.735. The number of ether oxygens (including phenoxy) is 4. The first-order valence-electron chi connectivity index (χ1n) is 12.1. The Morgan fingerprint density at radius 3 is 1.37 bits per heavy atom. The molecule has 3 aromatic carbocycles. The van der Waals surface area contributed by atoms with Gasteiger partial charge in [0.2, 0.25) is 0 Å². The van der Waals surface area contributed by atoms with Gasteiger partial charge in [0.15, 0.2) is 0 Å². The fraction of sp³-hybridized carbons (Fsp3) is 0.0968. The average Bonchev–Trinajstić information content (AvgIpc) is 3.31. The van der Waals surface area contributed by atoms with Crippen molar-refractivity contribution in [2.45, 2.75) is 6.42 Å². The summed E-state index contributed by atoms with van der Waals surface area (Å²) in [4.78, 5) is 66.7. The zero-order valence-corrected chi connectivity index (χ0v) is 21.9. The number of carbonyl (C=O) groups excluding carboxylic acids is 6. The molecule has 0 unspecified atom stereocenters. The molecule has 3 aliphatic rings. The van der Waals surface area contributed by atoms with Crippen LogP contribution in [0.1, 0.15) is 79.7 Å². The van der Waals surface area contributed by atoms with Gasteiger partial charge in [0.25, 0.3) is 0 Å². The first-order chi connectivity index (χ1) is 19.7. The van der Waals surface area contributed by atoms with Crippen LogP contribution in [-0.2, 0) is 18.9 Å². The van der Waals surface area contributed by atoms with E-state index in [1.807, 2.05) is 0 Å². The Hall–Kier alpha value is -5.64. The van der Waals surface area contributed by atoms with Gasteiger partial charge in [-0.1, -0.05) is 48.6 Å². The zero-order chi connectivity index (χ0) is 29.5. The molecule has 0 bridgehead atoms. The molecule has 3 aromatic rings. The van der Waals surface area contributed by atoms with Gasteiger partial charge >= 0.3 is 35.8 Å². The third-order valence-electron chi connectivity index (χ3n) is 5.99. The number of carbonyl (C=O) groups is 6. The predicted molar refractivity (Wildman–Crippen MR) is 144 cm³/mol. The second-order valence-corrected chi connectivity index (χ2v) is 8.53. The van der Waals surface area contributed by atoms with E-state index in [0.717, 1.165) is 6.42 Å². The van der Waals surface area contributed by atoms with Crippen LogP contribution in [0.25, 0.3) is 12.2 Å². The van der Waals surface area contributed by atoms with Crippen LogP contribution in [0.2, 0.25) is 0 Å². The van der Waals surface area contributed by atoms with Gasteiger partial charge in [0, 0.05) is 0 Å². The summed E-state index contributed by atoms with van der Waals surface area (Å²) < 4.78 is 17.7. The molecule has 0 aromatic heterocycles. The summed E-state index contributed by atoms with van der Waals surface area (Å²) in [5.41, 5.74) is 3.61. The SMILES string of the molecule is C1=Cc2ccccc2C=CC1.COC(=O)c1ccc2c(c1)C(=O)OC2=O.COC(=O)c1ccc2c(c1)C(=O)OC2=O. The van der Waals surface area contributed by atoms with Crippen molar-refractivity contribution in [2.75, 3.05) is 14.2 Å². The van der Waals surface area contributed by atoms with Crippen LogP contribution in [0.3, 0.4) is 0 Å². The van der Waals surface area contributed by atoms with E-state index in [2.05, 4.69) is 67.5 Å². The minimum Gasteiger partial charge on any atom is -0.465 e. The molecule has 1 aliphatic carbocycles. The van der Waals surface area contributed by atoms with E-state index in [4.69, 9.17) is 0 Å². The van der Waals surface area contributed by atoms with E-state index in [0.29, 0.717) is 0 Å². The lowest BCUT2D eigenvalue weighted by Gasteiger charge is -1.99. The van der Waals surface area contributed by atoms with Crippen molar-refractivity contribution in [1.82, 2.24) is 0 Å². The largest absolute Gasteiger partial charge is 0.465 e. The molecule has 206 valence electrons. The predicted octanol–water partition coefficient (Wildman–Crippen LogP) is 4.68. The van der Waals surface area contributed by atoms with Crippen molar-refractivity contribution >= 4 is 48.0 Å². The van der Waals surface area contributed by atoms with Crippen LogP contribution in [0.15, 0.2) is 72.8 Å². The Balaban J connectivity index is 0.000000144. The van der Waals surface area contributed by atoms with Gasteiger partial charge in [-0.2, -0.15) is 0 Å². The molecule has 0 saturated heterocycles. The van der Waals surface area contributed by atoms with E-state index in [1.54, 1.807) is 0 Å². The molecule has 0 amide bonds. The van der Waals surface area contributed by atoms with Gasteiger partial charge in [-0.05, 0) is 53.9 Å². The van der Waals surface area contributed by atoms with E-state index in [9.17, 15) is 28.8 Å². The van der Waals surface area contributed by atoms with Crippen molar-refractivity contribution < 1.29 is 47.7 Å². The highest BCUT2D eigenvalue weighted by Crippen LogP contribution is 2.22. The summed E-state index contributed by atoms with van der Waals surface area (Å²) in [6.45, 7) is 0. The number of hydrogen-bond acceptors (Lipinski definition) is 10. The van der Waals surface area contributed by atoms with E-state index >= 15 is 0 Å². The summed E-state index contributed by atoms with van der Waals surface area (Å²) in [6, 6.07) is 16.6. The number of allylic oxidation sites excluding steroid dienone is 2. The molecular weight excluding hydrogens is 532 g/mol. The van der Waals surface area contributed by atoms with Gasteiger partial charge in [-0.15, -0.1) is 0 Å². The second-order valence-electron chi connectivity index (χ2n) is 8.53. The van der Waals surface area contributed by atoms with E-state index in [-0.39, 0.29) is 33.4 Å². The van der Waals surface area contributed by atoms with E-state index in [1.165, 1.54) is 61.7 Å². The molecular formula is C31H22O10. The van der Waals surface area contributed by atoms with Crippen LogP contribution in [0, 0.1) is 0 Å². The fourth-order valence-corrected chi connectivity index (χ4v) is 3.94. The van der Waals surface area contributed by atoms with Crippen molar-refractivity contribution in [3.8, 4) is 0 Å². The van der Waals surface area contributed by atoms with Crippen LogP contribution < -0.4 is 0 Å². The standard InChI is InChI=1S/C11H10.2C10H6O5/c1-2-6-10-8-4-5-9-11(10)7-3-1;2*1-14-8(11)5-2-3-6-7(4-5)10(13)15-9(6)12/h2-9H,1H2;2*2-4H,1H3. The highest BCUT2D eigenvalue weighted by molar-refractivity contribution is 6.16. The summed E-state index contributed by atoms with van der Waals surface area (Å²) in [7, 11) is 2.47. The number of benzene rings is 3. The lowest BCUT2D eigenvalue weighted by molar-refractivity contribution is 0.0425. The summed E-state index contributed by atoms with van der Waals surface area (Å²) in [6.07, 6.45) is 9.77. The molecule has 0 spiro atoms. The van der Waals surface area contributed by atoms with Gasteiger partial charge in [0.1, 0.15) is 0 Å². The molecule has 10 heteroatoms. The number of hydrogen-bond donors (Lipinski definition) is 0. The summed E-state index contributed by atoms with van der Waals surface area (Å²) in [5.74, 6) is -3.98. The third-order valence-corrected chi connectivity index (χ3v) is 5.99. The van der Waals surface area contributed by atoms with Crippen molar-refractivity contribution in [3.63, 3.8) is 0 Å². The third kappa shape index (κ3) is 6.34. The van der Waals surface area contributed by atoms with Gasteiger partial charge in [0.05, 0.1) is 47.6 Å². The molecule has 41 heavy (non-hydrogen) atoms. The molecule has 2 heterocycles. The Labute approximate surface area is 233 Å². The van der Waals surface area contributed by atoms with Crippen LogP contribution in [0.5, 0.6) is 0 Å². The van der Waals surface area contributed by atoms with Crippen molar-refractivity contribution in [1.29, 1.82) is 0 Å². The first kappa shape index (κ1) is 28.4. The van der Waals surface area contributed by atoms with Gasteiger partial charge < -0.3 is 18.9 Å². The molecule has 0 atom stereocenters. The smallest absolute Gasteiger partial charge is 0.346 e. The average molecular weight is 555 g/mol. The highest BCUT2D eigenvalue weighted by atomic mass is 16.6. The number of esters is 6. The van der Waals surface area contributed by atoms with Gasteiger partial charge in [-0.25, -0.2) is 28.8 Å². The molecule has 10 nitrogen and oxygen atoms in total. The number of rotatable bonds is 2. The van der Waals surface area contributed by atoms with E-state index < -0.39 is 35.8 Å². The molecule has 0 radical (unpaired) electrons. The Bertz CT molecular complexity index is 1520. The molecule has 6 rings (SSSR count). The Morgan fingerprint density at radius 1 is 0.585 bits per heavy atom. The maximum absolute atomic E-state index is 11.1. The van der Waals surface area contributed by atoms with Crippen LogP contribution >= 0.6 is 0 Å².